The zero-order valence-corrected chi connectivity index (χ0v) is 13.9. The number of anilines is 1. The Balaban J connectivity index is 1.36. The predicted octanol–water partition coefficient (Wildman–Crippen LogP) is 3.54. The Kier molecular flexibility index (Phi) is 3.52. The molecule has 1 N–H and O–H groups in total. The first-order valence-electron chi connectivity index (χ1n) is 8.48. The molecule has 1 saturated carbocycles. The molecule has 0 spiro atoms. The van der Waals surface area contributed by atoms with Gasteiger partial charge >= 0.3 is 0 Å². The van der Waals surface area contributed by atoms with Crippen molar-refractivity contribution in [3.63, 3.8) is 0 Å². The highest BCUT2D eigenvalue weighted by molar-refractivity contribution is 5.63. The molecule has 1 aliphatic carbocycles. The number of hydrogen-bond acceptors (Lipinski definition) is 7. The van der Waals surface area contributed by atoms with E-state index in [1.54, 1.807) is 12.5 Å². The van der Waals surface area contributed by atoms with Crippen LogP contribution in [0.3, 0.4) is 0 Å². The van der Waals surface area contributed by atoms with E-state index in [9.17, 15) is 0 Å². The van der Waals surface area contributed by atoms with Gasteiger partial charge in [0.1, 0.15) is 0 Å². The van der Waals surface area contributed by atoms with Gasteiger partial charge in [-0.1, -0.05) is 17.3 Å². The lowest BCUT2D eigenvalue weighted by atomic mass is 10.1. The molecule has 0 atom stereocenters. The van der Waals surface area contributed by atoms with E-state index in [1.165, 1.54) is 0 Å². The van der Waals surface area contributed by atoms with Crippen molar-refractivity contribution in [2.45, 2.75) is 25.4 Å². The van der Waals surface area contributed by atoms with Crippen LogP contribution in [0.15, 0.2) is 57.8 Å². The standard InChI is InChI=1S/C18H16N6O2/c1-3-12(18-21-22-23-24(18)15-6-7-15)9-14(4-1)19-10-13-11-20-26-17(13)16-5-2-8-25-16/h1-5,8-9,11,15,19H,6-7,10H2. The number of aromatic nitrogens is 5. The first-order chi connectivity index (χ1) is 12.9. The van der Waals surface area contributed by atoms with Crippen LogP contribution in [0.5, 0.6) is 0 Å². The molecule has 0 amide bonds. The van der Waals surface area contributed by atoms with E-state index in [1.807, 2.05) is 41.1 Å². The van der Waals surface area contributed by atoms with Crippen LogP contribution in [0.1, 0.15) is 24.4 Å². The fourth-order valence-corrected chi connectivity index (χ4v) is 2.91. The Hall–Kier alpha value is -3.42. The van der Waals surface area contributed by atoms with Crippen LogP contribution >= 0.6 is 0 Å². The summed E-state index contributed by atoms with van der Waals surface area (Å²) in [6, 6.07) is 12.2. The summed E-state index contributed by atoms with van der Waals surface area (Å²) in [5, 5.41) is 19.4. The van der Waals surface area contributed by atoms with E-state index in [-0.39, 0.29) is 0 Å². The van der Waals surface area contributed by atoms with Gasteiger partial charge in [0.05, 0.1) is 18.5 Å². The molecule has 0 radical (unpaired) electrons. The number of nitrogens with one attached hydrogen (secondary N) is 1. The Morgan fingerprint density at radius 3 is 3.00 bits per heavy atom. The minimum Gasteiger partial charge on any atom is -0.461 e. The maximum absolute atomic E-state index is 5.39. The number of nitrogens with zero attached hydrogens (tertiary/aromatic N) is 5. The van der Waals surface area contributed by atoms with E-state index in [0.29, 0.717) is 24.1 Å². The van der Waals surface area contributed by atoms with Crippen molar-refractivity contribution >= 4 is 5.69 Å². The fraction of sp³-hybridized carbons (Fsp3) is 0.222. The number of rotatable bonds is 6. The zero-order valence-electron chi connectivity index (χ0n) is 13.9. The van der Waals surface area contributed by atoms with Gasteiger partial charge in [0.25, 0.3) is 0 Å². The molecule has 1 aromatic carbocycles. The molecule has 0 unspecified atom stereocenters. The molecule has 0 bridgehead atoms. The second-order valence-corrected chi connectivity index (χ2v) is 6.27. The first-order valence-corrected chi connectivity index (χ1v) is 8.48. The minimum atomic E-state index is 0.435. The van der Waals surface area contributed by atoms with Crippen LogP contribution in [-0.4, -0.2) is 25.4 Å². The third-order valence-corrected chi connectivity index (χ3v) is 4.38. The molecule has 3 heterocycles. The molecule has 26 heavy (non-hydrogen) atoms. The second kappa shape index (κ2) is 6.14. The van der Waals surface area contributed by atoms with Crippen LogP contribution in [0.2, 0.25) is 0 Å². The van der Waals surface area contributed by atoms with E-state index in [4.69, 9.17) is 8.94 Å². The van der Waals surface area contributed by atoms with Crippen molar-refractivity contribution in [1.82, 2.24) is 25.4 Å². The summed E-state index contributed by atoms with van der Waals surface area (Å²) in [4.78, 5) is 0. The van der Waals surface area contributed by atoms with Gasteiger partial charge in [-0.15, -0.1) is 5.10 Å². The van der Waals surface area contributed by atoms with Crippen molar-refractivity contribution in [1.29, 1.82) is 0 Å². The van der Waals surface area contributed by atoms with Gasteiger partial charge in [-0.05, 0) is 47.5 Å². The number of hydrogen-bond donors (Lipinski definition) is 1. The zero-order chi connectivity index (χ0) is 17.3. The Morgan fingerprint density at radius 2 is 2.15 bits per heavy atom. The van der Waals surface area contributed by atoms with Gasteiger partial charge in [-0.25, -0.2) is 4.68 Å². The van der Waals surface area contributed by atoms with E-state index >= 15 is 0 Å². The summed E-state index contributed by atoms with van der Waals surface area (Å²) in [5.41, 5.74) is 2.89. The van der Waals surface area contributed by atoms with Gasteiger partial charge in [-0.3, -0.25) is 0 Å². The molecule has 0 aliphatic heterocycles. The lowest BCUT2D eigenvalue weighted by Crippen LogP contribution is -2.02. The average molecular weight is 348 g/mol. The minimum absolute atomic E-state index is 0.435. The molecule has 1 aliphatic rings. The van der Waals surface area contributed by atoms with Crippen LogP contribution < -0.4 is 5.32 Å². The summed E-state index contributed by atoms with van der Waals surface area (Å²) in [5.74, 6) is 2.10. The van der Waals surface area contributed by atoms with Gasteiger partial charge in [0, 0.05) is 23.4 Å². The highest BCUT2D eigenvalue weighted by Gasteiger charge is 2.28. The normalized spacial score (nSPS) is 13.8. The Bertz CT molecular complexity index is 1020. The predicted molar refractivity (Wildman–Crippen MR) is 93.1 cm³/mol. The second-order valence-electron chi connectivity index (χ2n) is 6.27. The highest BCUT2D eigenvalue weighted by Crippen LogP contribution is 2.36. The topological polar surface area (TPSA) is 94.8 Å². The van der Waals surface area contributed by atoms with Crippen LogP contribution in [-0.2, 0) is 6.54 Å². The van der Waals surface area contributed by atoms with Crippen LogP contribution in [0.4, 0.5) is 5.69 Å². The summed E-state index contributed by atoms with van der Waals surface area (Å²) >= 11 is 0. The number of furan rings is 1. The van der Waals surface area contributed by atoms with Crippen molar-refractivity contribution in [3.8, 4) is 22.9 Å². The van der Waals surface area contributed by atoms with Crippen molar-refractivity contribution in [2.24, 2.45) is 0 Å². The van der Waals surface area contributed by atoms with E-state index in [0.717, 1.165) is 35.5 Å². The molecule has 8 heteroatoms. The Morgan fingerprint density at radius 1 is 1.19 bits per heavy atom. The molecule has 0 saturated heterocycles. The Labute approximate surface area is 148 Å². The molecule has 1 fully saturated rings. The van der Waals surface area contributed by atoms with Gasteiger partial charge < -0.3 is 14.3 Å². The lowest BCUT2D eigenvalue weighted by Gasteiger charge is -2.08. The summed E-state index contributed by atoms with van der Waals surface area (Å²) < 4.78 is 12.6. The summed E-state index contributed by atoms with van der Waals surface area (Å²) in [6.07, 6.45) is 5.59. The highest BCUT2D eigenvalue weighted by atomic mass is 16.5. The number of benzene rings is 1. The SMILES string of the molecule is c1cc(NCc2cnoc2-c2ccco2)cc(-c2nnnn2C2CC2)c1. The quantitative estimate of drug-likeness (QED) is 0.569. The van der Waals surface area contributed by atoms with Crippen LogP contribution in [0.25, 0.3) is 22.9 Å². The molecular formula is C18H16N6O2. The smallest absolute Gasteiger partial charge is 0.206 e. The van der Waals surface area contributed by atoms with E-state index < -0.39 is 0 Å². The lowest BCUT2D eigenvalue weighted by molar-refractivity contribution is 0.417. The summed E-state index contributed by atoms with van der Waals surface area (Å²) in [6.45, 7) is 0.566. The molecule has 8 nitrogen and oxygen atoms in total. The molecule has 3 aromatic heterocycles. The van der Waals surface area contributed by atoms with Crippen molar-refractivity contribution in [2.75, 3.05) is 5.32 Å². The van der Waals surface area contributed by atoms with Crippen molar-refractivity contribution in [3.05, 3.63) is 54.4 Å². The third-order valence-electron chi connectivity index (χ3n) is 4.38. The van der Waals surface area contributed by atoms with Gasteiger partial charge in [0.2, 0.25) is 5.76 Å². The number of tetrazole rings is 1. The third kappa shape index (κ3) is 2.75. The fourth-order valence-electron chi connectivity index (χ4n) is 2.91. The van der Waals surface area contributed by atoms with Gasteiger partial charge in [0.15, 0.2) is 11.6 Å². The molecule has 5 rings (SSSR count). The largest absolute Gasteiger partial charge is 0.461 e. The monoisotopic (exact) mass is 348 g/mol. The summed E-state index contributed by atoms with van der Waals surface area (Å²) in [7, 11) is 0. The molecule has 130 valence electrons. The van der Waals surface area contributed by atoms with E-state index in [2.05, 4.69) is 26.0 Å². The van der Waals surface area contributed by atoms with Crippen molar-refractivity contribution < 1.29 is 8.94 Å². The van der Waals surface area contributed by atoms with Gasteiger partial charge in [-0.2, -0.15) is 0 Å². The molecule has 4 aromatic rings. The first kappa shape index (κ1) is 14.9. The van der Waals surface area contributed by atoms with Crippen LogP contribution in [0, 0.1) is 0 Å². The average Bonchev–Trinajstić information content (AvgIpc) is 3.12. The molecular weight excluding hydrogens is 332 g/mol. The maximum Gasteiger partial charge on any atom is 0.206 e. The maximum atomic E-state index is 5.39.